The van der Waals surface area contributed by atoms with Crippen LogP contribution in [0.2, 0.25) is 0 Å². The molecule has 14 heavy (non-hydrogen) atoms. The zero-order valence-electron chi connectivity index (χ0n) is 9.53. The molecule has 0 spiro atoms. The molecule has 0 aliphatic rings. The summed E-state index contributed by atoms with van der Waals surface area (Å²) in [7, 11) is 3.65. The van der Waals surface area contributed by atoms with Gasteiger partial charge in [-0.15, -0.1) is 0 Å². The van der Waals surface area contributed by atoms with Gasteiger partial charge in [-0.3, -0.25) is 4.68 Å². The van der Waals surface area contributed by atoms with Crippen molar-refractivity contribution in [2.24, 2.45) is 7.05 Å². The molecular weight excluding hydrogens is 178 g/mol. The highest BCUT2D eigenvalue weighted by molar-refractivity contribution is 5.36. The van der Waals surface area contributed by atoms with Crippen LogP contribution in [0.4, 0.5) is 5.82 Å². The number of ether oxygens (including phenoxy) is 1. The van der Waals surface area contributed by atoms with Gasteiger partial charge in [0.05, 0.1) is 12.1 Å². The van der Waals surface area contributed by atoms with Gasteiger partial charge < -0.3 is 10.1 Å². The fraction of sp³-hybridized carbons (Fsp3) is 0.700. The van der Waals surface area contributed by atoms with Crippen molar-refractivity contribution in [2.75, 3.05) is 12.4 Å². The molecule has 80 valence electrons. The molecule has 1 N–H and O–H groups in total. The number of nitrogens with one attached hydrogen (secondary N) is 1. The molecule has 0 aliphatic carbocycles. The summed E-state index contributed by atoms with van der Waals surface area (Å²) in [6.45, 7) is 6.15. The van der Waals surface area contributed by atoms with E-state index in [9.17, 15) is 0 Å². The SMILES string of the molecule is COC(C)C(C)Nc1cc(C)n(C)n1. The second-order valence-electron chi connectivity index (χ2n) is 3.67. The summed E-state index contributed by atoms with van der Waals surface area (Å²) < 4.78 is 7.08. The van der Waals surface area contributed by atoms with E-state index in [1.54, 1.807) is 7.11 Å². The standard InChI is InChI=1S/C10H19N3O/c1-7-6-10(12-13(7)4)11-8(2)9(3)14-5/h6,8-9H,1-5H3,(H,11,12). The number of methoxy groups -OCH3 is 1. The van der Waals surface area contributed by atoms with Crippen LogP contribution >= 0.6 is 0 Å². The summed E-state index contributed by atoms with van der Waals surface area (Å²) in [5.41, 5.74) is 1.14. The van der Waals surface area contributed by atoms with Crippen molar-refractivity contribution in [3.63, 3.8) is 0 Å². The maximum atomic E-state index is 5.22. The third-order valence-electron chi connectivity index (χ3n) is 2.57. The molecule has 0 aromatic carbocycles. The lowest BCUT2D eigenvalue weighted by molar-refractivity contribution is 0.106. The molecule has 2 unspecified atom stereocenters. The minimum atomic E-state index is 0.178. The molecule has 0 radical (unpaired) electrons. The first-order valence-electron chi connectivity index (χ1n) is 4.84. The van der Waals surface area contributed by atoms with Crippen LogP contribution in [0.1, 0.15) is 19.5 Å². The molecule has 1 heterocycles. The fourth-order valence-corrected chi connectivity index (χ4v) is 1.19. The predicted octanol–water partition coefficient (Wildman–Crippen LogP) is 1.56. The molecule has 1 aromatic rings. The summed E-state index contributed by atoms with van der Waals surface area (Å²) in [5, 5.41) is 7.61. The molecule has 0 amide bonds. The lowest BCUT2D eigenvalue weighted by atomic mass is 10.2. The first-order chi connectivity index (χ1) is 6.54. The Labute approximate surface area is 85.3 Å². The van der Waals surface area contributed by atoms with Crippen molar-refractivity contribution in [2.45, 2.75) is 32.9 Å². The Hall–Kier alpha value is -1.03. The van der Waals surface area contributed by atoms with Gasteiger partial charge in [-0.05, 0) is 20.8 Å². The highest BCUT2D eigenvalue weighted by Gasteiger charge is 2.12. The molecule has 4 heteroatoms. The first kappa shape index (κ1) is 11.0. The summed E-state index contributed by atoms with van der Waals surface area (Å²) >= 11 is 0. The first-order valence-corrected chi connectivity index (χ1v) is 4.84. The number of hydrogen-bond donors (Lipinski definition) is 1. The number of hydrogen-bond acceptors (Lipinski definition) is 3. The highest BCUT2D eigenvalue weighted by atomic mass is 16.5. The molecule has 1 rings (SSSR count). The van der Waals surface area contributed by atoms with E-state index in [1.165, 1.54) is 0 Å². The van der Waals surface area contributed by atoms with Gasteiger partial charge in [-0.2, -0.15) is 5.10 Å². The molecule has 2 atom stereocenters. The van der Waals surface area contributed by atoms with Gasteiger partial charge >= 0.3 is 0 Å². The van der Waals surface area contributed by atoms with Crippen LogP contribution in [-0.4, -0.2) is 29.0 Å². The lowest BCUT2D eigenvalue weighted by Crippen LogP contribution is -2.29. The van der Waals surface area contributed by atoms with Crippen LogP contribution in [0.25, 0.3) is 0 Å². The minimum absolute atomic E-state index is 0.178. The third kappa shape index (κ3) is 2.48. The van der Waals surface area contributed by atoms with Crippen LogP contribution in [0.3, 0.4) is 0 Å². The normalized spacial score (nSPS) is 15.2. The second-order valence-corrected chi connectivity index (χ2v) is 3.67. The Morgan fingerprint density at radius 2 is 2.14 bits per heavy atom. The molecule has 0 saturated heterocycles. The Morgan fingerprint density at radius 1 is 1.50 bits per heavy atom. The molecule has 0 saturated carbocycles. The zero-order chi connectivity index (χ0) is 10.7. The van der Waals surface area contributed by atoms with E-state index in [0.717, 1.165) is 11.5 Å². The summed E-state index contributed by atoms with van der Waals surface area (Å²) in [5.74, 6) is 0.904. The zero-order valence-corrected chi connectivity index (χ0v) is 9.53. The molecule has 0 bridgehead atoms. The van der Waals surface area contributed by atoms with Crippen molar-refractivity contribution < 1.29 is 4.74 Å². The summed E-state index contributed by atoms with van der Waals surface area (Å²) in [6.07, 6.45) is 0.178. The Morgan fingerprint density at radius 3 is 2.57 bits per heavy atom. The largest absolute Gasteiger partial charge is 0.380 e. The number of aromatic nitrogens is 2. The van der Waals surface area contributed by atoms with Crippen LogP contribution in [0, 0.1) is 6.92 Å². The van der Waals surface area contributed by atoms with Crippen molar-refractivity contribution in [3.8, 4) is 0 Å². The topological polar surface area (TPSA) is 39.1 Å². The average molecular weight is 197 g/mol. The number of rotatable bonds is 4. The van der Waals surface area contributed by atoms with Crippen molar-refractivity contribution in [1.82, 2.24) is 9.78 Å². The fourth-order valence-electron chi connectivity index (χ4n) is 1.19. The monoisotopic (exact) mass is 197 g/mol. The van der Waals surface area contributed by atoms with E-state index in [0.29, 0.717) is 0 Å². The van der Waals surface area contributed by atoms with E-state index < -0.39 is 0 Å². The molecule has 1 aromatic heterocycles. The maximum Gasteiger partial charge on any atom is 0.148 e. The van der Waals surface area contributed by atoms with Crippen LogP contribution in [0.5, 0.6) is 0 Å². The average Bonchev–Trinajstić information content (AvgIpc) is 2.44. The maximum absolute atomic E-state index is 5.22. The molecule has 0 fully saturated rings. The summed E-state index contributed by atoms with van der Waals surface area (Å²) in [6, 6.07) is 2.29. The van der Waals surface area contributed by atoms with Crippen LogP contribution < -0.4 is 5.32 Å². The van der Waals surface area contributed by atoms with E-state index >= 15 is 0 Å². The van der Waals surface area contributed by atoms with Crippen LogP contribution in [0.15, 0.2) is 6.07 Å². The number of anilines is 1. The van der Waals surface area contributed by atoms with Gasteiger partial charge in [0.25, 0.3) is 0 Å². The lowest BCUT2D eigenvalue weighted by Gasteiger charge is -2.19. The van der Waals surface area contributed by atoms with Gasteiger partial charge in [-0.25, -0.2) is 0 Å². The third-order valence-corrected chi connectivity index (χ3v) is 2.57. The number of nitrogens with zero attached hydrogens (tertiary/aromatic N) is 2. The van der Waals surface area contributed by atoms with E-state index in [4.69, 9.17) is 4.74 Å². The van der Waals surface area contributed by atoms with Gasteiger partial charge in [0, 0.05) is 25.9 Å². The van der Waals surface area contributed by atoms with E-state index in [2.05, 4.69) is 17.3 Å². The van der Waals surface area contributed by atoms with Gasteiger partial charge in [0.1, 0.15) is 5.82 Å². The van der Waals surface area contributed by atoms with Crippen molar-refractivity contribution >= 4 is 5.82 Å². The molecule has 0 aliphatic heterocycles. The van der Waals surface area contributed by atoms with Crippen molar-refractivity contribution in [3.05, 3.63) is 11.8 Å². The molecular formula is C10H19N3O. The predicted molar refractivity (Wildman–Crippen MR) is 57.5 cm³/mol. The minimum Gasteiger partial charge on any atom is -0.380 e. The summed E-state index contributed by atoms with van der Waals surface area (Å²) in [4.78, 5) is 0. The van der Waals surface area contributed by atoms with Crippen LogP contribution in [-0.2, 0) is 11.8 Å². The quantitative estimate of drug-likeness (QED) is 0.796. The van der Waals surface area contributed by atoms with Crippen molar-refractivity contribution in [1.29, 1.82) is 0 Å². The van der Waals surface area contributed by atoms with Gasteiger partial charge in [-0.1, -0.05) is 0 Å². The van der Waals surface area contributed by atoms with E-state index in [1.807, 2.05) is 31.6 Å². The number of aryl methyl sites for hydroxylation is 2. The highest BCUT2D eigenvalue weighted by Crippen LogP contribution is 2.10. The van der Waals surface area contributed by atoms with Gasteiger partial charge in [0.15, 0.2) is 0 Å². The van der Waals surface area contributed by atoms with E-state index in [-0.39, 0.29) is 12.1 Å². The molecule has 4 nitrogen and oxygen atoms in total. The van der Waals surface area contributed by atoms with Gasteiger partial charge in [0.2, 0.25) is 0 Å². The Kier molecular flexibility index (Phi) is 3.52. The smallest absolute Gasteiger partial charge is 0.148 e. The second kappa shape index (κ2) is 4.46. The Bertz CT molecular complexity index is 276. The Balaban J connectivity index is 2.60.